The number of phenols is 1. The van der Waals surface area contributed by atoms with Gasteiger partial charge in [-0.2, -0.15) is 11.8 Å². The van der Waals surface area contributed by atoms with Crippen LogP contribution >= 0.6 is 43.6 Å². The quantitative estimate of drug-likeness (QED) is 0.303. The van der Waals surface area contributed by atoms with Crippen molar-refractivity contribution in [3.8, 4) is 11.5 Å². The zero-order chi connectivity index (χ0) is 25.0. The second kappa shape index (κ2) is 11.5. The molecule has 0 spiro atoms. The van der Waals surface area contributed by atoms with Crippen molar-refractivity contribution in [2.45, 2.75) is 65.2 Å². The van der Waals surface area contributed by atoms with Crippen LogP contribution in [-0.4, -0.2) is 29.6 Å². The van der Waals surface area contributed by atoms with E-state index in [0.717, 1.165) is 38.7 Å². The summed E-state index contributed by atoms with van der Waals surface area (Å²) in [5.41, 5.74) is 3.65. The Bertz CT molecular complexity index is 959. The number of phenolic OH excluding ortho intramolecular Hbond substituents is 1. The molecule has 0 aliphatic heterocycles. The highest BCUT2D eigenvalue weighted by atomic mass is 79.9. The molecular weight excluding hydrogens is 566 g/mol. The van der Waals surface area contributed by atoms with Crippen molar-refractivity contribution in [2.75, 3.05) is 23.9 Å². The number of halogens is 2. The Balaban J connectivity index is 1.94. The van der Waals surface area contributed by atoms with E-state index in [0.29, 0.717) is 22.9 Å². The summed E-state index contributed by atoms with van der Waals surface area (Å²) in [4.78, 5) is 12.4. The molecule has 2 aromatic carbocycles. The van der Waals surface area contributed by atoms with E-state index in [1.165, 1.54) is 5.56 Å². The first kappa shape index (κ1) is 28.1. The van der Waals surface area contributed by atoms with E-state index >= 15 is 0 Å². The van der Waals surface area contributed by atoms with Crippen molar-refractivity contribution in [3.63, 3.8) is 0 Å². The first-order valence-corrected chi connectivity index (χ1v) is 13.8. The lowest BCUT2D eigenvalue weighted by molar-refractivity contribution is -0.113. The predicted molar refractivity (Wildman–Crippen MR) is 148 cm³/mol. The normalized spacial score (nSPS) is 12.0. The number of benzene rings is 2. The summed E-state index contributed by atoms with van der Waals surface area (Å²) >= 11 is 8.54. The Morgan fingerprint density at radius 2 is 1.58 bits per heavy atom. The zero-order valence-electron chi connectivity index (χ0n) is 20.6. The Morgan fingerprint density at radius 1 is 1.00 bits per heavy atom. The van der Waals surface area contributed by atoms with Crippen LogP contribution in [0.1, 0.15) is 64.7 Å². The largest absolute Gasteiger partial charge is 0.507 e. The van der Waals surface area contributed by atoms with Gasteiger partial charge in [-0.3, -0.25) is 4.79 Å². The highest BCUT2D eigenvalue weighted by Crippen LogP contribution is 2.40. The molecule has 7 heteroatoms. The monoisotopic (exact) mass is 599 g/mol. The highest BCUT2D eigenvalue weighted by molar-refractivity contribution is 9.11. The number of anilines is 1. The van der Waals surface area contributed by atoms with Crippen LogP contribution in [0, 0.1) is 0 Å². The molecule has 0 radical (unpaired) electrons. The standard InChI is InChI=1S/C26H35Br2NO3S/c1-25(2,3)17-11-16(12-18(24(17)31)26(4,5)6)9-8-10-33-15-23(30)29-21-14-22(32-7)20(28)13-19(21)27/h11-14,31H,8-10,15H2,1-7H3,(H,29,30). The number of aromatic hydroxyl groups is 1. The molecule has 4 nitrogen and oxygen atoms in total. The second-order valence-corrected chi connectivity index (χ2v) is 13.0. The van der Waals surface area contributed by atoms with Crippen molar-refractivity contribution in [1.82, 2.24) is 0 Å². The summed E-state index contributed by atoms with van der Waals surface area (Å²) < 4.78 is 6.92. The van der Waals surface area contributed by atoms with Crippen LogP contribution in [0.5, 0.6) is 11.5 Å². The minimum absolute atomic E-state index is 0.0419. The minimum atomic E-state index is -0.128. The van der Waals surface area contributed by atoms with Crippen LogP contribution in [-0.2, 0) is 22.0 Å². The summed E-state index contributed by atoms with van der Waals surface area (Å²) in [5, 5.41) is 13.8. The molecule has 182 valence electrons. The third kappa shape index (κ3) is 7.93. The smallest absolute Gasteiger partial charge is 0.234 e. The van der Waals surface area contributed by atoms with Crippen LogP contribution in [0.4, 0.5) is 5.69 Å². The number of aryl methyl sites for hydroxylation is 1. The van der Waals surface area contributed by atoms with E-state index in [1.54, 1.807) is 24.9 Å². The molecule has 2 N–H and O–H groups in total. The lowest BCUT2D eigenvalue weighted by Gasteiger charge is -2.28. The SMILES string of the molecule is COc1cc(NC(=O)CSCCCc2cc(C(C)(C)C)c(O)c(C(C)(C)C)c2)c(Br)cc1Br. The number of carbonyl (C=O) groups excluding carboxylic acids is 1. The van der Waals surface area contributed by atoms with Gasteiger partial charge >= 0.3 is 0 Å². The van der Waals surface area contributed by atoms with Crippen LogP contribution in [0.25, 0.3) is 0 Å². The van der Waals surface area contributed by atoms with Gasteiger partial charge in [0.05, 0.1) is 23.0 Å². The van der Waals surface area contributed by atoms with Crippen LogP contribution < -0.4 is 10.1 Å². The second-order valence-electron chi connectivity index (χ2n) is 10.2. The molecule has 0 saturated heterocycles. The van der Waals surface area contributed by atoms with Gasteiger partial charge in [-0.05, 0) is 84.0 Å². The van der Waals surface area contributed by atoms with Crippen molar-refractivity contribution < 1.29 is 14.6 Å². The fourth-order valence-corrected chi connectivity index (χ4v) is 5.50. The third-order valence-corrected chi connectivity index (χ3v) is 7.61. The third-order valence-electron chi connectivity index (χ3n) is 5.29. The van der Waals surface area contributed by atoms with Gasteiger partial charge < -0.3 is 15.2 Å². The maximum Gasteiger partial charge on any atom is 0.234 e. The topological polar surface area (TPSA) is 58.6 Å². The van der Waals surface area contributed by atoms with E-state index < -0.39 is 0 Å². The highest BCUT2D eigenvalue weighted by Gasteiger charge is 2.26. The Hall–Kier alpha value is -1.18. The van der Waals surface area contributed by atoms with E-state index in [2.05, 4.69) is 90.9 Å². The molecule has 0 bridgehead atoms. The van der Waals surface area contributed by atoms with Crippen molar-refractivity contribution in [1.29, 1.82) is 0 Å². The zero-order valence-corrected chi connectivity index (χ0v) is 24.6. The summed E-state index contributed by atoms with van der Waals surface area (Å²) in [7, 11) is 1.60. The molecule has 2 aromatic rings. The molecule has 2 rings (SSSR count). The Labute approximate surface area is 219 Å². The summed E-state index contributed by atoms with van der Waals surface area (Å²) in [6.07, 6.45) is 1.88. The molecule has 33 heavy (non-hydrogen) atoms. The van der Waals surface area contributed by atoms with Crippen molar-refractivity contribution in [2.24, 2.45) is 0 Å². The maximum atomic E-state index is 12.4. The molecule has 0 aliphatic carbocycles. The lowest BCUT2D eigenvalue weighted by atomic mass is 9.78. The number of ether oxygens (including phenoxy) is 1. The van der Waals surface area contributed by atoms with Crippen LogP contribution in [0.3, 0.4) is 0 Å². The van der Waals surface area contributed by atoms with Gasteiger partial charge in [-0.15, -0.1) is 0 Å². The fraction of sp³-hybridized carbons (Fsp3) is 0.500. The van der Waals surface area contributed by atoms with Gasteiger partial charge in [0.1, 0.15) is 11.5 Å². The van der Waals surface area contributed by atoms with E-state index in [-0.39, 0.29) is 16.7 Å². The van der Waals surface area contributed by atoms with Crippen molar-refractivity contribution in [3.05, 3.63) is 49.9 Å². The molecule has 1 amide bonds. The Morgan fingerprint density at radius 3 is 2.09 bits per heavy atom. The minimum Gasteiger partial charge on any atom is -0.507 e. The fourth-order valence-electron chi connectivity index (χ4n) is 3.49. The molecule has 0 atom stereocenters. The molecule has 0 aromatic heterocycles. The average molecular weight is 601 g/mol. The maximum absolute atomic E-state index is 12.4. The molecule has 0 saturated carbocycles. The number of methoxy groups -OCH3 is 1. The number of hydrogen-bond acceptors (Lipinski definition) is 4. The molecule has 0 unspecified atom stereocenters. The van der Waals surface area contributed by atoms with E-state index in [4.69, 9.17) is 4.74 Å². The first-order valence-electron chi connectivity index (χ1n) is 11.0. The van der Waals surface area contributed by atoms with Gasteiger partial charge in [0.25, 0.3) is 0 Å². The lowest BCUT2D eigenvalue weighted by Crippen LogP contribution is -2.18. The molecule has 0 fully saturated rings. The summed E-state index contributed by atoms with van der Waals surface area (Å²) in [6, 6.07) is 7.93. The first-order chi connectivity index (χ1) is 15.2. The number of rotatable bonds is 8. The molecule has 0 heterocycles. The van der Waals surface area contributed by atoms with Gasteiger partial charge in [-0.1, -0.05) is 53.7 Å². The summed E-state index contributed by atoms with van der Waals surface area (Å²) in [6.45, 7) is 12.8. The van der Waals surface area contributed by atoms with Gasteiger partial charge in [0.2, 0.25) is 5.91 Å². The van der Waals surface area contributed by atoms with E-state index in [9.17, 15) is 9.90 Å². The summed E-state index contributed by atoms with van der Waals surface area (Å²) in [5.74, 6) is 2.31. The van der Waals surface area contributed by atoms with Crippen LogP contribution in [0.15, 0.2) is 33.2 Å². The van der Waals surface area contributed by atoms with Gasteiger partial charge in [0.15, 0.2) is 0 Å². The van der Waals surface area contributed by atoms with Gasteiger partial charge in [-0.25, -0.2) is 0 Å². The molecular formula is C26H35Br2NO3S. The number of carbonyl (C=O) groups is 1. The van der Waals surface area contributed by atoms with E-state index in [1.807, 2.05) is 6.07 Å². The predicted octanol–water partition coefficient (Wildman–Crippen LogP) is 7.83. The van der Waals surface area contributed by atoms with Crippen LogP contribution in [0.2, 0.25) is 0 Å². The number of nitrogens with one attached hydrogen (secondary N) is 1. The molecule has 0 aliphatic rings. The Kier molecular flexibility index (Phi) is 9.78. The van der Waals surface area contributed by atoms with Gasteiger partial charge in [0, 0.05) is 10.5 Å². The average Bonchev–Trinajstić information content (AvgIpc) is 2.69. The number of amides is 1. The van der Waals surface area contributed by atoms with Crippen molar-refractivity contribution >= 4 is 55.2 Å². The number of thioether (sulfide) groups is 1. The number of hydrogen-bond donors (Lipinski definition) is 2.